The van der Waals surface area contributed by atoms with Gasteiger partial charge in [-0.25, -0.2) is 0 Å². The lowest BCUT2D eigenvalue weighted by atomic mass is 9.92. The fourth-order valence-electron chi connectivity index (χ4n) is 3.11. The van der Waals surface area contributed by atoms with Crippen LogP contribution in [0.1, 0.15) is 47.9 Å². The first-order chi connectivity index (χ1) is 10.2. The summed E-state index contributed by atoms with van der Waals surface area (Å²) in [5, 5.41) is 3.79. The highest BCUT2D eigenvalue weighted by molar-refractivity contribution is 9.11. The molecular weight excluding hydrogens is 346 g/mol. The largest absolute Gasteiger partial charge is 0.496 e. The van der Waals surface area contributed by atoms with E-state index in [1.807, 2.05) is 23.5 Å². The monoisotopic (exact) mass is 365 g/mol. The molecule has 0 bridgehead atoms. The molecule has 1 unspecified atom stereocenters. The summed E-state index contributed by atoms with van der Waals surface area (Å²) in [6, 6.07) is 11.3. The van der Waals surface area contributed by atoms with Gasteiger partial charge in [0.2, 0.25) is 0 Å². The molecule has 0 fully saturated rings. The first kappa shape index (κ1) is 15.1. The number of benzene rings is 1. The summed E-state index contributed by atoms with van der Waals surface area (Å²) in [5.41, 5.74) is 2.70. The van der Waals surface area contributed by atoms with Crippen molar-refractivity contribution in [3.8, 4) is 5.75 Å². The fraction of sp³-hybridized carbons (Fsp3) is 0.412. The van der Waals surface area contributed by atoms with Gasteiger partial charge in [0.25, 0.3) is 0 Å². The molecule has 2 aromatic rings. The second-order valence-electron chi connectivity index (χ2n) is 5.50. The molecule has 2 nitrogen and oxygen atoms in total. The number of fused-ring (bicyclic) bond motifs is 1. The number of hydrogen-bond donors (Lipinski definition) is 1. The van der Waals surface area contributed by atoms with E-state index in [4.69, 9.17) is 4.74 Å². The predicted octanol–water partition coefficient (Wildman–Crippen LogP) is 5.25. The zero-order valence-electron chi connectivity index (χ0n) is 12.4. The van der Waals surface area contributed by atoms with E-state index in [-0.39, 0.29) is 6.04 Å². The molecule has 0 amide bonds. The number of aryl methyl sites for hydroxylation is 1. The maximum atomic E-state index is 5.48. The second kappa shape index (κ2) is 6.51. The van der Waals surface area contributed by atoms with Crippen LogP contribution in [0.2, 0.25) is 0 Å². The molecule has 112 valence electrons. The summed E-state index contributed by atoms with van der Waals surface area (Å²) in [6.45, 7) is 2.22. The minimum atomic E-state index is 0.274. The zero-order valence-corrected chi connectivity index (χ0v) is 14.8. The number of halogens is 1. The van der Waals surface area contributed by atoms with Crippen molar-refractivity contribution >= 4 is 27.3 Å². The van der Waals surface area contributed by atoms with Crippen LogP contribution in [0.25, 0.3) is 0 Å². The number of hydrogen-bond acceptors (Lipinski definition) is 3. The molecule has 2 atom stereocenters. The lowest BCUT2D eigenvalue weighted by Gasteiger charge is -2.28. The molecule has 0 saturated heterocycles. The number of rotatable bonds is 4. The Morgan fingerprint density at radius 3 is 3.00 bits per heavy atom. The van der Waals surface area contributed by atoms with Gasteiger partial charge in [-0.1, -0.05) is 18.2 Å². The molecule has 0 radical (unpaired) electrons. The van der Waals surface area contributed by atoms with Gasteiger partial charge in [0.05, 0.1) is 10.9 Å². The molecule has 1 aromatic heterocycles. The zero-order chi connectivity index (χ0) is 14.8. The van der Waals surface area contributed by atoms with E-state index in [1.54, 1.807) is 7.11 Å². The van der Waals surface area contributed by atoms with Gasteiger partial charge in [-0.2, -0.15) is 0 Å². The fourth-order valence-corrected chi connectivity index (χ4v) is 4.93. The Balaban J connectivity index is 1.81. The summed E-state index contributed by atoms with van der Waals surface area (Å²) in [5.74, 6) is 0.958. The van der Waals surface area contributed by atoms with Crippen LogP contribution in [0, 0.1) is 0 Å². The first-order valence-electron chi connectivity index (χ1n) is 7.36. The van der Waals surface area contributed by atoms with Gasteiger partial charge in [0.1, 0.15) is 5.75 Å². The van der Waals surface area contributed by atoms with Crippen LogP contribution in [-0.2, 0) is 6.42 Å². The summed E-state index contributed by atoms with van der Waals surface area (Å²) >= 11 is 5.50. The highest BCUT2D eigenvalue weighted by Crippen LogP contribution is 2.39. The van der Waals surface area contributed by atoms with Crippen LogP contribution < -0.4 is 10.1 Å². The van der Waals surface area contributed by atoms with Crippen molar-refractivity contribution in [1.82, 2.24) is 5.32 Å². The molecule has 0 spiro atoms. The van der Waals surface area contributed by atoms with Gasteiger partial charge in [0, 0.05) is 22.5 Å². The van der Waals surface area contributed by atoms with E-state index in [1.165, 1.54) is 39.1 Å². The molecule has 0 aliphatic heterocycles. The average molecular weight is 366 g/mol. The Labute approximate surface area is 138 Å². The standard InChI is InChI=1S/C17H20BrNOS/c1-11(12-6-3-4-8-15(12)20-2)19-14-7-5-9-16-13(14)10-17(18)21-16/h3-4,6,8,10-11,14,19H,5,7,9H2,1-2H3/t11-,14?/m1/s1. The van der Waals surface area contributed by atoms with Crippen LogP contribution in [0.15, 0.2) is 34.1 Å². The molecule has 0 saturated carbocycles. The lowest BCUT2D eigenvalue weighted by molar-refractivity contribution is 0.383. The molecule has 4 heteroatoms. The number of para-hydroxylation sites is 1. The lowest BCUT2D eigenvalue weighted by Crippen LogP contribution is -2.27. The van der Waals surface area contributed by atoms with Crippen LogP contribution in [0.4, 0.5) is 0 Å². The van der Waals surface area contributed by atoms with Crippen LogP contribution in [0.3, 0.4) is 0 Å². The van der Waals surface area contributed by atoms with Crippen LogP contribution >= 0.6 is 27.3 Å². The van der Waals surface area contributed by atoms with Crippen LogP contribution in [-0.4, -0.2) is 7.11 Å². The van der Waals surface area contributed by atoms with E-state index in [0.29, 0.717) is 6.04 Å². The van der Waals surface area contributed by atoms with Gasteiger partial charge < -0.3 is 10.1 Å². The van der Waals surface area contributed by atoms with Gasteiger partial charge in [-0.15, -0.1) is 11.3 Å². The number of nitrogens with one attached hydrogen (secondary N) is 1. The molecule has 1 N–H and O–H groups in total. The first-order valence-corrected chi connectivity index (χ1v) is 8.97. The second-order valence-corrected chi connectivity index (χ2v) is 8.02. The molecule has 1 heterocycles. The van der Waals surface area contributed by atoms with Gasteiger partial charge in [0.15, 0.2) is 0 Å². The number of methoxy groups -OCH3 is 1. The van der Waals surface area contributed by atoms with Crippen molar-refractivity contribution < 1.29 is 4.74 Å². The van der Waals surface area contributed by atoms with Crippen molar-refractivity contribution in [2.45, 2.75) is 38.3 Å². The van der Waals surface area contributed by atoms with E-state index < -0.39 is 0 Å². The molecule has 1 aromatic carbocycles. The van der Waals surface area contributed by atoms with E-state index in [2.05, 4.69) is 46.4 Å². The predicted molar refractivity (Wildman–Crippen MR) is 92.2 cm³/mol. The molecular formula is C17H20BrNOS. The quantitative estimate of drug-likeness (QED) is 0.798. The number of ether oxygens (including phenoxy) is 1. The summed E-state index contributed by atoms with van der Waals surface area (Å²) in [4.78, 5) is 1.53. The Morgan fingerprint density at radius 1 is 1.38 bits per heavy atom. The SMILES string of the molecule is COc1ccccc1[C@@H](C)NC1CCCc2sc(Br)cc21. The molecule has 3 rings (SSSR count). The Hall–Kier alpha value is -0.840. The third kappa shape index (κ3) is 3.17. The van der Waals surface area contributed by atoms with E-state index in [9.17, 15) is 0 Å². The Morgan fingerprint density at radius 2 is 2.19 bits per heavy atom. The third-order valence-corrected chi connectivity index (χ3v) is 5.85. The Kier molecular flexibility index (Phi) is 4.67. The maximum absolute atomic E-state index is 5.48. The number of thiophene rings is 1. The van der Waals surface area contributed by atoms with Crippen molar-refractivity contribution in [3.63, 3.8) is 0 Å². The highest BCUT2D eigenvalue weighted by Gasteiger charge is 2.24. The topological polar surface area (TPSA) is 21.3 Å². The maximum Gasteiger partial charge on any atom is 0.123 e. The van der Waals surface area contributed by atoms with Gasteiger partial charge >= 0.3 is 0 Å². The molecule has 21 heavy (non-hydrogen) atoms. The average Bonchev–Trinajstić information content (AvgIpc) is 2.88. The van der Waals surface area contributed by atoms with Crippen molar-refractivity contribution in [1.29, 1.82) is 0 Å². The summed E-state index contributed by atoms with van der Waals surface area (Å²) in [6.07, 6.45) is 3.68. The van der Waals surface area contributed by atoms with Gasteiger partial charge in [-0.3, -0.25) is 0 Å². The summed E-state index contributed by atoms with van der Waals surface area (Å²) in [7, 11) is 1.74. The smallest absolute Gasteiger partial charge is 0.123 e. The Bertz CT molecular complexity index is 625. The van der Waals surface area contributed by atoms with Crippen molar-refractivity contribution in [3.05, 3.63) is 50.1 Å². The van der Waals surface area contributed by atoms with Crippen molar-refractivity contribution in [2.24, 2.45) is 0 Å². The minimum Gasteiger partial charge on any atom is -0.496 e. The summed E-state index contributed by atoms with van der Waals surface area (Å²) < 4.78 is 6.73. The van der Waals surface area contributed by atoms with Crippen molar-refractivity contribution in [2.75, 3.05) is 7.11 Å². The van der Waals surface area contributed by atoms with E-state index >= 15 is 0 Å². The van der Waals surface area contributed by atoms with Gasteiger partial charge in [-0.05, 0) is 59.8 Å². The third-order valence-electron chi connectivity index (χ3n) is 4.14. The highest BCUT2D eigenvalue weighted by atomic mass is 79.9. The molecule has 1 aliphatic rings. The normalized spacial score (nSPS) is 19.1. The van der Waals surface area contributed by atoms with E-state index in [0.717, 1.165) is 5.75 Å². The molecule has 1 aliphatic carbocycles. The minimum absolute atomic E-state index is 0.274. The van der Waals surface area contributed by atoms with Crippen LogP contribution in [0.5, 0.6) is 5.75 Å².